The van der Waals surface area contributed by atoms with Gasteiger partial charge >= 0.3 is 17.9 Å². The molecule has 6 heteroatoms. The van der Waals surface area contributed by atoms with E-state index in [1.807, 2.05) is 0 Å². The molecule has 0 spiro atoms. The van der Waals surface area contributed by atoms with Crippen molar-refractivity contribution in [2.45, 2.75) is 297 Å². The lowest BCUT2D eigenvalue weighted by atomic mass is 10.0. The Labute approximate surface area is 391 Å². The molecule has 0 radical (unpaired) electrons. The van der Waals surface area contributed by atoms with Crippen LogP contribution in [0.1, 0.15) is 290 Å². The van der Waals surface area contributed by atoms with E-state index in [0.717, 1.165) is 77.0 Å². The third-order valence-electron chi connectivity index (χ3n) is 12.1. The van der Waals surface area contributed by atoms with Crippen LogP contribution in [0.2, 0.25) is 0 Å². The number of unbranched alkanes of at least 4 members (excludes halogenated alkanes) is 33. The van der Waals surface area contributed by atoms with Crippen molar-refractivity contribution in [1.82, 2.24) is 0 Å². The quantitative estimate of drug-likeness (QED) is 0.0262. The van der Waals surface area contributed by atoms with E-state index < -0.39 is 6.10 Å². The molecule has 6 nitrogen and oxygen atoms in total. The van der Waals surface area contributed by atoms with E-state index in [1.54, 1.807) is 0 Å². The molecular weight excluding hydrogens is 781 g/mol. The fourth-order valence-corrected chi connectivity index (χ4v) is 8.01. The molecular formula is C57H104O6. The average Bonchev–Trinajstić information content (AvgIpc) is 3.28. The molecule has 0 aromatic carbocycles. The fraction of sp³-hybridized carbons (Fsp3) is 0.842. The predicted molar refractivity (Wildman–Crippen MR) is 270 cm³/mol. The Hall–Kier alpha value is -2.37. The number of esters is 3. The van der Waals surface area contributed by atoms with Gasteiger partial charge in [0.25, 0.3) is 0 Å². The van der Waals surface area contributed by atoms with E-state index in [2.05, 4.69) is 57.2 Å². The molecule has 0 heterocycles. The zero-order valence-electron chi connectivity index (χ0n) is 42.1. The number of hydrogen-bond acceptors (Lipinski definition) is 6. The van der Waals surface area contributed by atoms with Gasteiger partial charge in [-0.1, -0.05) is 237 Å². The molecule has 0 aliphatic carbocycles. The molecule has 0 aliphatic heterocycles. The lowest BCUT2D eigenvalue weighted by Crippen LogP contribution is -2.30. The van der Waals surface area contributed by atoms with Crippen LogP contribution in [-0.2, 0) is 28.6 Å². The molecule has 1 unspecified atom stereocenters. The van der Waals surface area contributed by atoms with Crippen molar-refractivity contribution in [2.75, 3.05) is 13.2 Å². The van der Waals surface area contributed by atoms with Gasteiger partial charge in [-0.3, -0.25) is 14.4 Å². The molecule has 0 saturated heterocycles. The smallest absolute Gasteiger partial charge is 0.306 e. The Morgan fingerprint density at radius 1 is 0.333 bits per heavy atom. The summed E-state index contributed by atoms with van der Waals surface area (Å²) in [6, 6.07) is 0. The number of ether oxygens (including phenoxy) is 3. The summed E-state index contributed by atoms with van der Waals surface area (Å²) in [5, 5.41) is 0. The van der Waals surface area contributed by atoms with E-state index in [4.69, 9.17) is 14.2 Å². The van der Waals surface area contributed by atoms with Gasteiger partial charge in [0.1, 0.15) is 13.2 Å². The van der Waals surface area contributed by atoms with Gasteiger partial charge in [-0.25, -0.2) is 0 Å². The van der Waals surface area contributed by atoms with Crippen LogP contribution in [-0.4, -0.2) is 37.2 Å². The second-order valence-corrected chi connectivity index (χ2v) is 18.5. The molecule has 0 saturated carbocycles. The van der Waals surface area contributed by atoms with Crippen molar-refractivity contribution in [3.8, 4) is 0 Å². The minimum Gasteiger partial charge on any atom is -0.462 e. The Kier molecular flexibility index (Phi) is 50.3. The van der Waals surface area contributed by atoms with Crippen LogP contribution in [0.15, 0.2) is 36.5 Å². The monoisotopic (exact) mass is 885 g/mol. The third kappa shape index (κ3) is 50.5. The largest absolute Gasteiger partial charge is 0.462 e. The number of hydrogen-bond donors (Lipinski definition) is 0. The molecule has 0 aliphatic rings. The minimum atomic E-state index is -0.774. The van der Waals surface area contributed by atoms with Crippen molar-refractivity contribution >= 4 is 17.9 Å². The second-order valence-electron chi connectivity index (χ2n) is 18.5. The van der Waals surface area contributed by atoms with Gasteiger partial charge < -0.3 is 14.2 Å². The van der Waals surface area contributed by atoms with Gasteiger partial charge in [0.2, 0.25) is 0 Å². The summed E-state index contributed by atoms with van der Waals surface area (Å²) in [5.41, 5.74) is 0. The van der Waals surface area contributed by atoms with Crippen LogP contribution >= 0.6 is 0 Å². The van der Waals surface area contributed by atoms with Crippen molar-refractivity contribution in [2.24, 2.45) is 0 Å². The lowest BCUT2D eigenvalue weighted by Gasteiger charge is -2.18. The van der Waals surface area contributed by atoms with Crippen molar-refractivity contribution in [3.05, 3.63) is 36.5 Å². The highest BCUT2D eigenvalue weighted by atomic mass is 16.6. The normalized spacial score (nSPS) is 12.2. The maximum atomic E-state index is 12.8. The van der Waals surface area contributed by atoms with Crippen LogP contribution in [0.4, 0.5) is 0 Å². The van der Waals surface area contributed by atoms with Gasteiger partial charge in [0.05, 0.1) is 0 Å². The maximum absolute atomic E-state index is 12.8. The average molecular weight is 885 g/mol. The van der Waals surface area contributed by atoms with E-state index in [0.29, 0.717) is 19.3 Å². The molecule has 0 fully saturated rings. The Morgan fingerprint density at radius 3 is 0.968 bits per heavy atom. The van der Waals surface area contributed by atoms with Crippen LogP contribution in [0.3, 0.4) is 0 Å². The minimum absolute atomic E-state index is 0.0734. The highest BCUT2D eigenvalue weighted by Crippen LogP contribution is 2.16. The number of allylic oxidation sites excluding steroid dienone is 6. The van der Waals surface area contributed by atoms with E-state index in [1.165, 1.54) is 173 Å². The second kappa shape index (κ2) is 52.3. The van der Waals surface area contributed by atoms with Gasteiger partial charge in [0, 0.05) is 19.3 Å². The summed E-state index contributed by atoms with van der Waals surface area (Å²) >= 11 is 0. The third-order valence-corrected chi connectivity index (χ3v) is 12.1. The summed E-state index contributed by atoms with van der Waals surface area (Å²) < 4.78 is 16.8. The Morgan fingerprint density at radius 2 is 0.619 bits per heavy atom. The van der Waals surface area contributed by atoms with Gasteiger partial charge in [0.15, 0.2) is 6.10 Å². The molecule has 63 heavy (non-hydrogen) atoms. The molecule has 1 atom stereocenters. The van der Waals surface area contributed by atoms with E-state index in [-0.39, 0.29) is 31.1 Å². The first-order valence-corrected chi connectivity index (χ1v) is 27.5. The van der Waals surface area contributed by atoms with E-state index >= 15 is 0 Å². The standard InChI is InChI=1S/C57H104O6/c1-4-7-10-13-16-19-22-25-28-29-30-33-35-38-41-44-47-50-56(59)62-53-54(63-57(60)51-48-45-42-39-36-32-27-24-21-18-15-12-9-6-3)52-61-55(58)49-46-43-40-37-34-31-26-23-20-17-14-11-8-5-2/h9,12,18,21,25,28,54H,4-8,10-11,13-17,19-20,22-24,26-27,29-53H2,1-3H3/b12-9-,21-18-,28-25-. The molecule has 0 amide bonds. The summed E-state index contributed by atoms with van der Waals surface area (Å²) in [4.78, 5) is 38.1. The number of rotatable bonds is 50. The van der Waals surface area contributed by atoms with Crippen molar-refractivity contribution in [3.63, 3.8) is 0 Å². The first-order chi connectivity index (χ1) is 31.0. The van der Waals surface area contributed by atoms with Gasteiger partial charge in [-0.15, -0.1) is 0 Å². The molecule has 368 valence electrons. The topological polar surface area (TPSA) is 78.9 Å². The highest BCUT2D eigenvalue weighted by Gasteiger charge is 2.19. The summed E-state index contributed by atoms with van der Waals surface area (Å²) in [6.07, 6.45) is 61.3. The summed E-state index contributed by atoms with van der Waals surface area (Å²) in [6.45, 7) is 6.55. The van der Waals surface area contributed by atoms with E-state index in [9.17, 15) is 14.4 Å². The molecule has 0 N–H and O–H groups in total. The first-order valence-electron chi connectivity index (χ1n) is 27.5. The van der Waals surface area contributed by atoms with Crippen LogP contribution in [0.25, 0.3) is 0 Å². The summed E-state index contributed by atoms with van der Waals surface area (Å²) in [7, 11) is 0. The fourth-order valence-electron chi connectivity index (χ4n) is 8.01. The lowest BCUT2D eigenvalue weighted by molar-refractivity contribution is -0.167. The number of carbonyl (C=O) groups excluding carboxylic acids is 3. The zero-order chi connectivity index (χ0) is 45.8. The summed E-state index contributed by atoms with van der Waals surface area (Å²) in [5.74, 6) is -0.872. The van der Waals surface area contributed by atoms with Gasteiger partial charge in [-0.05, 0) is 70.6 Å². The predicted octanol–water partition coefficient (Wildman–Crippen LogP) is 18.1. The SMILES string of the molecule is CC/C=C\C/C=C\CCCCCCCCCC(=O)OC(COC(=O)CCCCCCCCC/C=C\CCCCCCCC)COC(=O)CCCCCCCCCCCCCCCC. The first kappa shape index (κ1) is 60.6. The maximum Gasteiger partial charge on any atom is 0.306 e. The molecule has 0 aromatic rings. The molecule has 0 bridgehead atoms. The van der Waals surface area contributed by atoms with Crippen LogP contribution < -0.4 is 0 Å². The molecule has 0 rings (SSSR count). The Balaban J connectivity index is 4.34. The molecule has 0 aromatic heterocycles. The van der Waals surface area contributed by atoms with Crippen LogP contribution in [0.5, 0.6) is 0 Å². The highest BCUT2D eigenvalue weighted by molar-refractivity contribution is 5.71. The van der Waals surface area contributed by atoms with Crippen molar-refractivity contribution in [1.29, 1.82) is 0 Å². The Bertz CT molecular complexity index is 1060. The van der Waals surface area contributed by atoms with Crippen molar-refractivity contribution < 1.29 is 28.6 Å². The van der Waals surface area contributed by atoms with Gasteiger partial charge in [-0.2, -0.15) is 0 Å². The van der Waals surface area contributed by atoms with Crippen LogP contribution in [0, 0.1) is 0 Å². The number of carbonyl (C=O) groups is 3. The zero-order valence-corrected chi connectivity index (χ0v) is 42.1.